The molecule has 82 valence electrons. The van der Waals surface area contributed by atoms with Crippen LogP contribution in [0.5, 0.6) is 0 Å². The van der Waals surface area contributed by atoms with Gasteiger partial charge >= 0.3 is 0 Å². The predicted molar refractivity (Wildman–Crippen MR) is 69.4 cm³/mol. The lowest BCUT2D eigenvalue weighted by Gasteiger charge is -2.15. The highest BCUT2D eigenvalue weighted by molar-refractivity contribution is 9.10. The van der Waals surface area contributed by atoms with E-state index < -0.39 is 6.10 Å². The molecule has 0 spiro atoms. The summed E-state index contributed by atoms with van der Waals surface area (Å²) in [6, 6.07) is 15.6. The zero-order valence-corrected chi connectivity index (χ0v) is 10.6. The van der Waals surface area contributed by atoms with E-state index in [9.17, 15) is 5.11 Å². The van der Waals surface area contributed by atoms with Crippen molar-refractivity contribution in [1.82, 2.24) is 0 Å². The highest BCUT2D eigenvalue weighted by Crippen LogP contribution is 2.29. The van der Waals surface area contributed by atoms with E-state index in [0.29, 0.717) is 0 Å². The van der Waals surface area contributed by atoms with Gasteiger partial charge in [0.25, 0.3) is 0 Å². The van der Waals surface area contributed by atoms with Crippen LogP contribution in [0.25, 0.3) is 0 Å². The van der Waals surface area contributed by atoms with Gasteiger partial charge in [0.2, 0.25) is 0 Å². The van der Waals surface area contributed by atoms with Crippen LogP contribution in [0.15, 0.2) is 53.0 Å². The van der Waals surface area contributed by atoms with Gasteiger partial charge in [0, 0.05) is 4.47 Å². The standard InChI is InChI=1S/C14H13BrO/c1-10-6-2-3-7-11(10)14(16)12-8-4-5-9-13(12)15/h2-9,14,16H,1H3/t14-/m1/s1. The van der Waals surface area contributed by atoms with Crippen molar-refractivity contribution < 1.29 is 5.11 Å². The molecule has 0 radical (unpaired) electrons. The van der Waals surface area contributed by atoms with Crippen LogP contribution in [0.4, 0.5) is 0 Å². The number of hydrogen-bond acceptors (Lipinski definition) is 1. The van der Waals surface area contributed by atoms with Gasteiger partial charge < -0.3 is 5.11 Å². The van der Waals surface area contributed by atoms with Crippen LogP contribution >= 0.6 is 15.9 Å². The molecule has 0 heterocycles. The molecule has 0 bridgehead atoms. The van der Waals surface area contributed by atoms with E-state index in [1.54, 1.807) is 0 Å². The van der Waals surface area contributed by atoms with Gasteiger partial charge in [-0.15, -0.1) is 0 Å². The molecule has 0 saturated heterocycles. The van der Waals surface area contributed by atoms with Crippen LogP contribution in [0.3, 0.4) is 0 Å². The number of rotatable bonds is 2. The van der Waals surface area contributed by atoms with Crippen LogP contribution in [-0.2, 0) is 0 Å². The second-order valence-corrected chi connectivity index (χ2v) is 4.63. The molecule has 0 saturated carbocycles. The monoisotopic (exact) mass is 276 g/mol. The van der Waals surface area contributed by atoms with Gasteiger partial charge in [-0.25, -0.2) is 0 Å². The van der Waals surface area contributed by atoms with Crippen LogP contribution in [0.1, 0.15) is 22.8 Å². The number of hydrogen-bond donors (Lipinski definition) is 1. The average molecular weight is 277 g/mol. The lowest BCUT2D eigenvalue weighted by molar-refractivity contribution is 0.219. The Kier molecular flexibility index (Phi) is 3.42. The number of aliphatic hydroxyl groups is 1. The second-order valence-electron chi connectivity index (χ2n) is 3.78. The van der Waals surface area contributed by atoms with Gasteiger partial charge in [-0.1, -0.05) is 58.4 Å². The highest BCUT2D eigenvalue weighted by atomic mass is 79.9. The van der Waals surface area contributed by atoms with Gasteiger partial charge in [-0.05, 0) is 29.7 Å². The fraction of sp³-hybridized carbons (Fsp3) is 0.143. The minimum Gasteiger partial charge on any atom is -0.384 e. The van der Waals surface area contributed by atoms with E-state index in [4.69, 9.17) is 0 Å². The van der Waals surface area contributed by atoms with Crippen molar-refractivity contribution >= 4 is 15.9 Å². The Balaban J connectivity index is 2.44. The molecule has 0 aliphatic carbocycles. The summed E-state index contributed by atoms with van der Waals surface area (Å²) in [6.07, 6.45) is -0.572. The van der Waals surface area contributed by atoms with E-state index in [1.165, 1.54) is 0 Å². The predicted octanol–water partition coefficient (Wildman–Crippen LogP) is 3.84. The van der Waals surface area contributed by atoms with Crippen molar-refractivity contribution in [2.24, 2.45) is 0 Å². The van der Waals surface area contributed by atoms with Gasteiger partial charge in [-0.3, -0.25) is 0 Å². The molecule has 2 rings (SSSR count). The maximum absolute atomic E-state index is 10.3. The first-order valence-electron chi connectivity index (χ1n) is 5.18. The summed E-state index contributed by atoms with van der Waals surface area (Å²) < 4.78 is 0.936. The summed E-state index contributed by atoms with van der Waals surface area (Å²) in [5.74, 6) is 0. The third kappa shape index (κ3) is 2.18. The Labute approximate surface area is 104 Å². The molecule has 0 aliphatic rings. The topological polar surface area (TPSA) is 20.2 Å². The number of halogens is 1. The molecule has 0 fully saturated rings. The Hall–Kier alpha value is -1.12. The average Bonchev–Trinajstić information content (AvgIpc) is 2.29. The van der Waals surface area contributed by atoms with E-state index >= 15 is 0 Å². The van der Waals surface area contributed by atoms with Crippen molar-refractivity contribution in [2.75, 3.05) is 0 Å². The maximum Gasteiger partial charge on any atom is 0.105 e. The largest absolute Gasteiger partial charge is 0.384 e. The van der Waals surface area contributed by atoms with Crippen LogP contribution in [0, 0.1) is 6.92 Å². The Morgan fingerprint density at radius 1 is 0.938 bits per heavy atom. The summed E-state index contributed by atoms with van der Waals surface area (Å²) in [6.45, 7) is 2.01. The molecule has 0 amide bonds. The van der Waals surface area contributed by atoms with Crippen molar-refractivity contribution in [1.29, 1.82) is 0 Å². The van der Waals surface area contributed by atoms with Crippen molar-refractivity contribution in [3.05, 3.63) is 69.7 Å². The minimum atomic E-state index is -0.572. The first kappa shape index (κ1) is 11.4. The zero-order chi connectivity index (χ0) is 11.5. The Morgan fingerprint density at radius 2 is 1.50 bits per heavy atom. The van der Waals surface area contributed by atoms with Gasteiger partial charge in [-0.2, -0.15) is 0 Å². The van der Waals surface area contributed by atoms with E-state index in [2.05, 4.69) is 15.9 Å². The Morgan fingerprint density at radius 3 is 2.12 bits per heavy atom. The summed E-state index contributed by atoms with van der Waals surface area (Å²) in [5.41, 5.74) is 2.96. The summed E-state index contributed by atoms with van der Waals surface area (Å²) in [5, 5.41) is 10.3. The minimum absolute atomic E-state index is 0.572. The maximum atomic E-state index is 10.3. The molecule has 2 aromatic carbocycles. The quantitative estimate of drug-likeness (QED) is 0.884. The van der Waals surface area contributed by atoms with E-state index in [0.717, 1.165) is 21.2 Å². The highest BCUT2D eigenvalue weighted by Gasteiger charge is 2.14. The molecular weight excluding hydrogens is 264 g/mol. The van der Waals surface area contributed by atoms with Crippen molar-refractivity contribution in [2.45, 2.75) is 13.0 Å². The number of benzene rings is 2. The summed E-state index contributed by atoms with van der Waals surface area (Å²) >= 11 is 3.46. The van der Waals surface area contributed by atoms with Crippen molar-refractivity contribution in [3.8, 4) is 0 Å². The molecule has 1 atom stereocenters. The molecule has 1 N–H and O–H groups in total. The third-order valence-electron chi connectivity index (χ3n) is 2.68. The molecule has 1 nitrogen and oxygen atoms in total. The lowest BCUT2D eigenvalue weighted by Crippen LogP contribution is -2.02. The molecule has 0 unspecified atom stereocenters. The first-order chi connectivity index (χ1) is 7.70. The van der Waals surface area contributed by atoms with Gasteiger partial charge in [0.05, 0.1) is 0 Å². The molecule has 16 heavy (non-hydrogen) atoms. The molecule has 2 aromatic rings. The molecule has 0 aromatic heterocycles. The fourth-order valence-corrected chi connectivity index (χ4v) is 2.26. The third-order valence-corrected chi connectivity index (χ3v) is 3.41. The Bertz CT molecular complexity index is 448. The van der Waals surface area contributed by atoms with E-state index in [1.807, 2.05) is 55.5 Å². The summed E-state index contributed by atoms with van der Waals surface area (Å²) in [7, 11) is 0. The normalized spacial score (nSPS) is 12.4. The molecule has 2 heteroatoms. The van der Waals surface area contributed by atoms with Crippen molar-refractivity contribution in [3.63, 3.8) is 0 Å². The summed E-state index contributed by atoms with van der Waals surface area (Å²) in [4.78, 5) is 0. The first-order valence-corrected chi connectivity index (χ1v) is 5.97. The number of aryl methyl sites for hydroxylation is 1. The zero-order valence-electron chi connectivity index (χ0n) is 9.02. The van der Waals surface area contributed by atoms with E-state index in [-0.39, 0.29) is 0 Å². The van der Waals surface area contributed by atoms with Crippen LogP contribution in [-0.4, -0.2) is 5.11 Å². The molecular formula is C14H13BrO. The fourth-order valence-electron chi connectivity index (χ4n) is 1.76. The lowest BCUT2D eigenvalue weighted by atomic mass is 9.98. The molecule has 0 aliphatic heterocycles. The SMILES string of the molecule is Cc1ccccc1[C@@H](O)c1ccccc1Br. The van der Waals surface area contributed by atoms with Gasteiger partial charge in [0.15, 0.2) is 0 Å². The smallest absolute Gasteiger partial charge is 0.105 e. The van der Waals surface area contributed by atoms with Crippen LogP contribution in [0.2, 0.25) is 0 Å². The number of aliphatic hydroxyl groups excluding tert-OH is 1. The second kappa shape index (κ2) is 4.81. The van der Waals surface area contributed by atoms with Crippen LogP contribution < -0.4 is 0 Å². The van der Waals surface area contributed by atoms with Gasteiger partial charge in [0.1, 0.15) is 6.10 Å².